The molecule has 21 heavy (non-hydrogen) atoms. The molecular weight excluding hydrogens is 266 g/mol. The van der Waals surface area contributed by atoms with E-state index in [1.54, 1.807) is 7.11 Å². The van der Waals surface area contributed by atoms with E-state index in [0.717, 1.165) is 42.7 Å². The van der Waals surface area contributed by atoms with Crippen molar-refractivity contribution < 1.29 is 9.47 Å². The van der Waals surface area contributed by atoms with E-state index < -0.39 is 0 Å². The molecule has 1 aromatic heterocycles. The van der Waals surface area contributed by atoms with Gasteiger partial charge in [-0.2, -0.15) is 0 Å². The van der Waals surface area contributed by atoms with Gasteiger partial charge in [0.05, 0.1) is 24.2 Å². The maximum atomic E-state index is 5.96. The van der Waals surface area contributed by atoms with E-state index in [9.17, 15) is 0 Å². The number of fused-ring (bicyclic) bond motifs is 1. The smallest absolute Gasteiger partial charge is 0.238 e. The summed E-state index contributed by atoms with van der Waals surface area (Å²) in [5.74, 6) is 1.20. The average Bonchev–Trinajstić information content (AvgIpc) is 2.54. The van der Waals surface area contributed by atoms with Crippen LogP contribution < -0.4 is 10.1 Å². The van der Waals surface area contributed by atoms with Crippen LogP contribution in [-0.2, 0) is 11.3 Å². The van der Waals surface area contributed by atoms with E-state index in [1.165, 1.54) is 0 Å². The summed E-state index contributed by atoms with van der Waals surface area (Å²) in [4.78, 5) is 9.20. The molecule has 2 heterocycles. The third-order valence-corrected chi connectivity index (χ3v) is 3.80. The molecule has 1 aliphatic rings. The number of para-hydroxylation sites is 2. The zero-order chi connectivity index (χ0) is 14.5. The van der Waals surface area contributed by atoms with Crippen molar-refractivity contribution in [2.24, 2.45) is 5.92 Å². The van der Waals surface area contributed by atoms with Crippen molar-refractivity contribution in [2.45, 2.75) is 19.4 Å². The van der Waals surface area contributed by atoms with Gasteiger partial charge in [-0.05, 0) is 44.0 Å². The maximum Gasteiger partial charge on any atom is 0.238 e. The second-order valence-electron chi connectivity index (χ2n) is 5.40. The number of hydrogen-bond donors (Lipinski definition) is 1. The number of ether oxygens (including phenoxy) is 2. The van der Waals surface area contributed by atoms with Crippen LogP contribution in [0, 0.1) is 5.92 Å². The van der Waals surface area contributed by atoms with Crippen LogP contribution in [0.5, 0.6) is 5.88 Å². The number of piperidine rings is 1. The fraction of sp³-hybridized carbons (Fsp3) is 0.500. The summed E-state index contributed by atoms with van der Waals surface area (Å²) in [7, 11) is 1.66. The molecule has 0 saturated carbocycles. The molecule has 1 aliphatic heterocycles. The Morgan fingerprint density at radius 2 is 1.86 bits per heavy atom. The molecule has 0 radical (unpaired) electrons. The highest BCUT2D eigenvalue weighted by Gasteiger charge is 2.16. The van der Waals surface area contributed by atoms with Crippen LogP contribution in [0.3, 0.4) is 0 Å². The summed E-state index contributed by atoms with van der Waals surface area (Å²) >= 11 is 0. The topological polar surface area (TPSA) is 56.3 Å². The molecule has 3 rings (SSSR count). The molecule has 2 aromatic rings. The highest BCUT2D eigenvalue weighted by molar-refractivity contribution is 5.74. The van der Waals surface area contributed by atoms with E-state index in [4.69, 9.17) is 9.47 Å². The first kappa shape index (κ1) is 14.2. The Bertz CT molecular complexity index is 597. The molecule has 112 valence electrons. The summed E-state index contributed by atoms with van der Waals surface area (Å²) in [5.41, 5.74) is 2.50. The summed E-state index contributed by atoms with van der Waals surface area (Å²) in [6.07, 6.45) is 2.31. The number of methoxy groups -OCH3 is 1. The number of benzene rings is 1. The number of hydrogen-bond acceptors (Lipinski definition) is 5. The summed E-state index contributed by atoms with van der Waals surface area (Å²) in [6.45, 7) is 3.26. The van der Waals surface area contributed by atoms with E-state index >= 15 is 0 Å². The Balaban J connectivity index is 1.79. The van der Waals surface area contributed by atoms with Crippen LogP contribution in [0.2, 0.25) is 0 Å². The lowest BCUT2D eigenvalue weighted by molar-refractivity contribution is 0.167. The molecule has 0 unspecified atom stereocenters. The normalized spacial score (nSPS) is 16.2. The van der Waals surface area contributed by atoms with Gasteiger partial charge in [0.2, 0.25) is 5.88 Å². The van der Waals surface area contributed by atoms with Crippen molar-refractivity contribution in [1.82, 2.24) is 15.3 Å². The standard InChI is InChI=1S/C16H21N3O2/c1-20-11-15-16(21-10-12-6-8-17-9-7-12)19-14-5-3-2-4-13(14)18-15/h2-5,12,17H,6-11H2,1H3. The lowest BCUT2D eigenvalue weighted by Crippen LogP contribution is -2.30. The number of nitrogens with one attached hydrogen (secondary N) is 1. The summed E-state index contributed by atoms with van der Waals surface area (Å²) < 4.78 is 11.2. The Hall–Kier alpha value is -1.72. The SMILES string of the molecule is COCc1nc2ccccc2nc1OCC1CCNCC1. The molecule has 0 atom stereocenters. The second kappa shape index (κ2) is 6.83. The van der Waals surface area contributed by atoms with Crippen molar-refractivity contribution in [1.29, 1.82) is 0 Å². The van der Waals surface area contributed by atoms with Crippen LogP contribution in [0.1, 0.15) is 18.5 Å². The van der Waals surface area contributed by atoms with Gasteiger partial charge < -0.3 is 14.8 Å². The van der Waals surface area contributed by atoms with Crippen molar-refractivity contribution >= 4 is 11.0 Å². The van der Waals surface area contributed by atoms with Gasteiger partial charge in [0, 0.05) is 7.11 Å². The van der Waals surface area contributed by atoms with Crippen molar-refractivity contribution in [3.63, 3.8) is 0 Å². The third-order valence-electron chi connectivity index (χ3n) is 3.80. The van der Waals surface area contributed by atoms with Crippen LogP contribution in [0.4, 0.5) is 0 Å². The fourth-order valence-electron chi connectivity index (χ4n) is 2.61. The Morgan fingerprint density at radius 3 is 2.57 bits per heavy atom. The molecule has 1 N–H and O–H groups in total. The second-order valence-corrected chi connectivity index (χ2v) is 5.40. The Labute approximate surface area is 124 Å². The maximum absolute atomic E-state index is 5.96. The minimum Gasteiger partial charge on any atom is -0.476 e. The van der Waals surface area contributed by atoms with Gasteiger partial charge in [-0.15, -0.1) is 0 Å². The molecular formula is C16H21N3O2. The molecule has 5 heteroatoms. The van der Waals surface area contributed by atoms with E-state index in [-0.39, 0.29) is 0 Å². The molecule has 5 nitrogen and oxygen atoms in total. The van der Waals surface area contributed by atoms with Gasteiger partial charge in [-0.1, -0.05) is 12.1 Å². The van der Waals surface area contributed by atoms with E-state index in [1.807, 2.05) is 24.3 Å². The quantitative estimate of drug-likeness (QED) is 0.913. The predicted molar refractivity (Wildman–Crippen MR) is 81.3 cm³/mol. The lowest BCUT2D eigenvalue weighted by atomic mass is 9.99. The minimum absolute atomic E-state index is 0.416. The fourth-order valence-corrected chi connectivity index (χ4v) is 2.61. The number of aromatic nitrogens is 2. The van der Waals surface area contributed by atoms with Crippen molar-refractivity contribution in [3.05, 3.63) is 30.0 Å². The zero-order valence-corrected chi connectivity index (χ0v) is 12.3. The first-order valence-electron chi connectivity index (χ1n) is 7.45. The van der Waals surface area contributed by atoms with Gasteiger partial charge in [0.25, 0.3) is 0 Å². The molecule has 1 aromatic carbocycles. The third kappa shape index (κ3) is 3.49. The monoisotopic (exact) mass is 287 g/mol. The van der Waals surface area contributed by atoms with Crippen LogP contribution in [-0.4, -0.2) is 36.8 Å². The lowest BCUT2D eigenvalue weighted by Gasteiger charge is -2.22. The number of rotatable bonds is 5. The van der Waals surface area contributed by atoms with E-state index in [0.29, 0.717) is 25.0 Å². The number of nitrogens with zero attached hydrogens (tertiary/aromatic N) is 2. The van der Waals surface area contributed by atoms with Gasteiger partial charge in [0.1, 0.15) is 5.69 Å². The largest absolute Gasteiger partial charge is 0.476 e. The summed E-state index contributed by atoms with van der Waals surface area (Å²) in [6, 6.07) is 7.83. The van der Waals surface area contributed by atoms with Crippen LogP contribution >= 0.6 is 0 Å². The summed E-state index contributed by atoms with van der Waals surface area (Å²) in [5, 5.41) is 3.37. The minimum atomic E-state index is 0.416. The zero-order valence-electron chi connectivity index (χ0n) is 12.3. The first-order valence-corrected chi connectivity index (χ1v) is 7.45. The first-order chi connectivity index (χ1) is 10.4. The molecule has 0 amide bonds. The highest BCUT2D eigenvalue weighted by atomic mass is 16.5. The molecule has 1 fully saturated rings. The van der Waals surface area contributed by atoms with Gasteiger partial charge >= 0.3 is 0 Å². The predicted octanol–water partition coefficient (Wildman–Crippen LogP) is 2.15. The molecule has 1 saturated heterocycles. The Morgan fingerprint density at radius 1 is 1.14 bits per heavy atom. The Kier molecular flexibility index (Phi) is 4.62. The van der Waals surface area contributed by atoms with Gasteiger partial charge in [-0.3, -0.25) is 0 Å². The molecule has 0 bridgehead atoms. The van der Waals surface area contributed by atoms with Crippen LogP contribution in [0.25, 0.3) is 11.0 Å². The van der Waals surface area contributed by atoms with Crippen molar-refractivity contribution in [2.75, 3.05) is 26.8 Å². The highest BCUT2D eigenvalue weighted by Crippen LogP contribution is 2.21. The van der Waals surface area contributed by atoms with E-state index in [2.05, 4.69) is 15.3 Å². The van der Waals surface area contributed by atoms with Crippen LogP contribution in [0.15, 0.2) is 24.3 Å². The molecule has 0 aliphatic carbocycles. The van der Waals surface area contributed by atoms with Gasteiger partial charge in [-0.25, -0.2) is 9.97 Å². The van der Waals surface area contributed by atoms with Gasteiger partial charge in [0.15, 0.2) is 0 Å². The van der Waals surface area contributed by atoms with Crippen molar-refractivity contribution in [3.8, 4) is 5.88 Å². The average molecular weight is 287 g/mol. The molecule has 0 spiro atoms.